The predicted molar refractivity (Wildman–Crippen MR) is 162 cm³/mol. The van der Waals surface area contributed by atoms with Crippen molar-refractivity contribution in [1.29, 1.82) is 0 Å². The Kier molecular flexibility index (Phi) is 9.15. The minimum atomic E-state index is -2.55. The lowest BCUT2D eigenvalue weighted by atomic mass is 10.1. The third-order valence-corrected chi connectivity index (χ3v) is 8.19. The van der Waals surface area contributed by atoms with Gasteiger partial charge in [0.1, 0.15) is 0 Å². The monoisotopic (exact) mass is 583 g/mol. The molecule has 0 amide bonds. The molecule has 5 rings (SSSR count). The summed E-state index contributed by atoms with van der Waals surface area (Å²) in [6, 6.07) is 24.7. The van der Waals surface area contributed by atoms with Crippen LogP contribution in [0.3, 0.4) is 0 Å². The van der Waals surface area contributed by atoms with Crippen LogP contribution in [0.15, 0.2) is 89.9 Å². The van der Waals surface area contributed by atoms with Crippen LogP contribution < -0.4 is 10.5 Å². The fourth-order valence-electron chi connectivity index (χ4n) is 5.16. The van der Waals surface area contributed by atoms with Gasteiger partial charge in [0.05, 0.1) is 13.0 Å². The van der Waals surface area contributed by atoms with Gasteiger partial charge >= 0.3 is 5.97 Å². The number of anilines is 1. The number of hydrazine groups is 1. The van der Waals surface area contributed by atoms with Crippen molar-refractivity contribution in [2.24, 2.45) is 0 Å². The molecule has 1 aliphatic rings. The van der Waals surface area contributed by atoms with Gasteiger partial charge in [-0.15, -0.1) is 0 Å². The molecule has 10 heteroatoms. The van der Waals surface area contributed by atoms with Gasteiger partial charge in [0, 0.05) is 71.9 Å². The Bertz CT molecular complexity index is 1700. The molecule has 9 nitrogen and oxygen atoms in total. The minimum Gasteiger partial charge on any atom is -0.759 e. The topological polar surface area (TPSA) is 109 Å². The molecule has 2 atom stereocenters. The molecule has 0 spiro atoms. The van der Waals surface area contributed by atoms with Crippen LogP contribution in [0.2, 0.25) is 0 Å². The maximum absolute atomic E-state index is 13.2. The number of aliphatic carboxylic acids is 1. The van der Waals surface area contributed by atoms with Crippen LogP contribution in [0.25, 0.3) is 10.8 Å². The zero-order valence-corrected chi connectivity index (χ0v) is 24.0. The van der Waals surface area contributed by atoms with Gasteiger partial charge in [-0.3, -0.25) is 13.8 Å². The fraction of sp³-hybridized carbons (Fsp3) is 0.250. The number of carbonyl (C=O) groups is 1. The summed E-state index contributed by atoms with van der Waals surface area (Å²) in [4.78, 5) is 26.4. The average Bonchev–Trinajstić information content (AvgIpc) is 2.98. The second-order valence-corrected chi connectivity index (χ2v) is 11.0. The smallest absolute Gasteiger partial charge is 0.305 e. The molecular weight excluding hydrogens is 552 g/mol. The van der Waals surface area contributed by atoms with Gasteiger partial charge < -0.3 is 19.1 Å². The van der Waals surface area contributed by atoms with Gasteiger partial charge in [0.2, 0.25) is 0 Å². The Labute approximate surface area is 247 Å². The molecule has 0 bridgehead atoms. The van der Waals surface area contributed by atoms with Crippen molar-refractivity contribution in [2.45, 2.75) is 25.9 Å². The molecule has 216 valence electrons. The average molecular weight is 584 g/mol. The number of aromatic nitrogens is 1. The molecule has 1 fully saturated rings. The van der Waals surface area contributed by atoms with Crippen LogP contribution in [-0.2, 0) is 22.6 Å². The van der Waals surface area contributed by atoms with E-state index in [1.54, 1.807) is 16.5 Å². The normalized spacial score (nSPS) is 15.3. The summed E-state index contributed by atoms with van der Waals surface area (Å²) in [6.45, 7) is 4.20. The molecule has 4 aromatic rings. The summed E-state index contributed by atoms with van der Waals surface area (Å²) in [5, 5.41) is 12.3. The lowest BCUT2D eigenvalue weighted by Gasteiger charge is -2.44. The first-order valence-corrected chi connectivity index (χ1v) is 14.7. The van der Waals surface area contributed by atoms with Crippen molar-refractivity contribution >= 4 is 33.7 Å². The molecule has 0 saturated carbocycles. The number of hydrogen-bond acceptors (Lipinski definition) is 6. The van der Waals surface area contributed by atoms with Crippen molar-refractivity contribution in [1.82, 2.24) is 14.0 Å². The van der Waals surface area contributed by atoms with Crippen LogP contribution in [0.1, 0.15) is 30.0 Å². The SMILES string of the molecule is CC(CC(=O)O)N(N1CCN(c2ccc(C#Cc3ccc4ccn(Cc5ccccc5)c(=O)c4c3)cc2)CC1)S(=O)[O-]. The van der Waals surface area contributed by atoms with E-state index in [0.29, 0.717) is 38.1 Å². The van der Waals surface area contributed by atoms with E-state index >= 15 is 0 Å². The number of benzene rings is 3. The van der Waals surface area contributed by atoms with Crippen molar-refractivity contribution in [3.63, 3.8) is 0 Å². The standard InChI is InChI=1S/C32H32N4O5S/c1-24(21-31(37)38)36(42(40)41)35-19-17-33(18-20-35)29-13-10-25(11-14-29)7-8-26-9-12-28-15-16-34(32(39)30(28)22-26)23-27-5-3-2-4-6-27/h2-6,9-16,22,24H,17-21,23H2,1H3,(H,37,38)(H,40,41)/p-1. The molecule has 1 aliphatic heterocycles. The zero-order valence-electron chi connectivity index (χ0n) is 23.2. The summed E-state index contributed by atoms with van der Waals surface area (Å²) < 4.78 is 26.4. The van der Waals surface area contributed by atoms with Crippen LogP contribution in [-0.4, -0.2) is 66.0 Å². The summed E-state index contributed by atoms with van der Waals surface area (Å²) in [6.07, 6.45) is 1.56. The number of fused-ring (bicyclic) bond motifs is 1. The van der Waals surface area contributed by atoms with Gasteiger partial charge in [-0.2, -0.15) is 4.41 Å². The molecule has 1 saturated heterocycles. The Balaban J connectivity index is 1.25. The molecule has 2 heterocycles. The number of piperazine rings is 1. The fourth-order valence-corrected chi connectivity index (χ4v) is 5.88. The summed E-state index contributed by atoms with van der Waals surface area (Å²) in [7, 11) is 0. The predicted octanol–water partition coefficient (Wildman–Crippen LogP) is 3.45. The van der Waals surface area contributed by atoms with E-state index < -0.39 is 23.3 Å². The van der Waals surface area contributed by atoms with E-state index in [4.69, 9.17) is 5.11 Å². The Morgan fingerprint density at radius 2 is 1.64 bits per heavy atom. The Hall–Kier alpha value is -4.27. The first-order chi connectivity index (χ1) is 20.3. The quantitative estimate of drug-likeness (QED) is 0.250. The number of rotatable bonds is 8. The van der Waals surface area contributed by atoms with E-state index in [1.807, 2.05) is 85.1 Å². The number of nitrogens with zero attached hydrogens (tertiary/aromatic N) is 4. The van der Waals surface area contributed by atoms with Gasteiger partial charge in [0.15, 0.2) is 0 Å². The van der Waals surface area contributed by atoms with Crippen LogP contribution >= 0.6 is 0 Å². The van der Waals surface area contributed by atoms with Crippen molar-refractivity contribution in [2.75, 3.05) is 31.1 Å². The highest BCUT2D eigenvalue weighted by atomic mass is 32.2. The molecular formula is C32H31N4O5S-. The number of pyridine rings is 1. The Morgan fingerprint density at radius 3 is 2.31 bits per heavy atom. The minimum absolute atomic E-state index is 0.0505. The lowest BCUT2D eigenvalue weighted by molar-refractivity contribution is -0.139. The zero-order chi connectivity index (χ0) is 29.6. The molecule has 1 aromatic heterocycles. The maximum Gasteiger partial charge on any atom is 0.305 e. The van der Waals surface area contributed by atoms with E-state index in [1.165, 1.54) is 0 Å². The lowest BCUT2D eigenvalue weighted by Crippen LogP contribution is -2.57. The molecule has 0 radical (unpaired) electrons. The van der Waals surface area contributed by atoms with Gasteiger partial charge in [0.25, 0.3) is 5.56 Å². The second-order valence-electron chi connectivity index (χ2n) is 10.2. The van der Waals surface area contributed by atoms with Crippen molar-refractivity contribution < 1.29 is 18.7 Å². The van der Waals surface area contributed by atoms with Crippen LogP contribution in [0.5, 0.6) is 0 Å². The maximum atomic E-state index is 13.2. The van der Waals surface area contributed by atoms with Crippen LogP contribution in [0, 0.1) is 11.8 Å². The number of carboxylic acid groups (broad SMARTS) is 1. The van der Waals surface area contributed by atoms with Crippen molar-refractivity contribution in [3.05, 3.63) is 112 Å². The molecule has 2 unspecified atom stereocenters. The third-order valence-electron chi connectivity index (χ3n) is 7.29. The van der Waals surface area contributed by atoms with E-state index in [2.05, 4.69) is 16.7 Å². The first kappa shape index (κ1) is 29.2. The molecule has 3 aromatic carbocycles. The Morgan fingerprint density at radius 1 is 0.976 bits per heavy atom. The summed E-state index contributed by atoms with van der Waals surface area (Å²) in [5.74, 6) is 5.32. The highest BCUT2D eigenvalue weighted by Crippen LogP contribution is 2.20. The van der Waals surface area contributed by atoms with Gasteiger partial charge in [-0.25, -0.2) is 5.01 Å². The number of hydrogen-bond donors (Lipinski definition) is 1. The second kappa shape index (κ2) is 13.1. The van der Waals surface area contributed by atoms with E-state index in [0.717, 1.165) is 32.2 Å². The summed E-state index contributed by atoms with van der Waals surface area (Å²) in [5.41, 5.74) is 3.60. The summed E-state index contributed by atoms with van der Waals surface area (Å²) >= 11 is -2.55. The molecule has 42 heavy (non-hydrogen) atoms. The largest absolute Gasteiger partial charge is 0.759 e. The first-order valence-electron chi connectivity index (χ1n) is 13.7. The van der Waals surface area contributed by atoms with E-state index in [-0.39, 0.29) is 12.0 Å². The highest BCUT2D eigenvalue weighted by Gasteiger charge is 2.28. The van der Waals surface area contributed by atoms with Gasteiger partial charge in [-0.05, 0) is 60.3 Å². The molecule has 0 aliphatic carbocycles. The van der Waals surface area contributed by atoms with Gasteiger partial charge in [-0.1, -0.05) is 48.2 Å². The van der Waals surface area contributed by atoms with Crippen LogP contribution in [0.4, 0.5) is 5.69 Å². The van der Waals surface area contributed by atoms with E-state index in [9.17, 15) is 18.4 Å². The third kappa shape index (κ3) is 6.95. The number of carboxylic acids is 1. The molecule has 1 N–H and O–H groups in total. The van der Waals surface area contributed by atoms with Crippen molar-refractivity contribution in [3.8, 4) is 11.8 Å². The highest BCUT2D eigenvalue weighted by molar-refractivity contribution is 7.76.